The van der Waals surface area contributed by atoms with Gasteiger partial charge in [-0.1, -0.05) is 12.8 Å². The van der Waals surface area contributed by atoms with Crippen molar-refractivity contribution in [1.29, 1.82) is 0 Å². The Bertz CT molecular complexity index is 154. The minimum atomic E-state index is -0.700. The van der Waals surface area contributed by atoms with Crippen LogP contribution in [0.15, 0.2) is 0 Å². The zero-order chi connectivity index (χ0) is 11.4. The van der Waals surface area contributed by atoms with Crippen LogP contribution < -0.4 is 5.32 Å². The van der Waals surface area contributed by atoms with Crippen LogP contribution in [0.1, 0.15) is 38.5 Å². The number of carboxylic acids is 1. The maximum absolute atomic E-state index is 10.2. The van der Waals surface area contributed by atoms with E-state index in [1.807, 2.05) is 11.8 Å². The lowest BCUT2D eigenvalue weighted by Crippen LogP contribution is -2.17. The van der Waals surface area contributed by atoms with Gasteiger partial charge in [0.05, 0.1) is 0 Å². The average Bonchev–Trinajstić information content (AvgIpc) is 2.20. The van der Waals surface area contributed by atoms with Gasteiger partial charge in [0, 0.05) is 6.42 Å². The first kappa shape index (κ1) is 14.8. The van der Waals surface area contributed by atoms with Gasteiger partial charge in [-0.2, -0.15) is 11.8 Å². The Hall–Kier alpha value is -0.220. The number of carbonyl (C=O) groups is 1. The average molecular weight is 233 g/mol. The lowest BCUT2D eigenvalue weighted by molar-refractivity contribution is -0.137. The maximum Gasteiger partial charge on any atom is 0.303 e. The van der Waals surface area contributed by atoms with Crippen LogP contribution in [0.25, 0.3) is 0 Å². The summed E-state index contributed by atoms with van der Waals surface area (Å²) in [5.41, 5.74) is 0. The summed E-state index contributed by atoms with van der Waals surface area (Å²) in [6.07, 6.45) is 8.29. The molecule has 0 bridgehead atoms. The monoisotopic (exact) mass is 233 g/mol. The van der Waals surface area contributed by atoms with E-state index in [2.05, 4.69) is 11.6 Å². The summed E-state index contributed by atoms with van der Waals surface area (Å²) in [6.45, 7) is 1.86. The molecule has 0 saturated heterocycles. The van der Waals surface area contributed by atoms with E-state index < -0.39 is 5.97 Å². The highest BCUT2D eigenvalue weighted by Gasteiger charge is 1.95. The summed E-state index contributed by atoms with van der Waals surface area (Å²) in [5, 5.41) is 11.7. The van der Waals surface area contributed by atoms with Crippen LogP contribution in [0, 0.1) is 0 Å². The number of nitrogens with one attached hydrogen (secondary N) is 1. The molecule has 0 fully saturated rings. The molecule has 0 aliphatic rings. The number of thioether (sulfide) groups is 1. The fourth-order valence-electron chi connectivity index (χ4n) is 1.34. The Morgan fingerprint density at radius 1 is 1.13 bits per heavy atom. The van der Waals surface area contributed by atoms with Crippen molar-refractivity contribution in [2.75, 3.05) is 25.1 Å². The number of rotatable bonds is 11. The van der Waals surface area contributed by atoms with Crippen LogP contribution in [0.3, 0.4) is 0 Å². The molecular formula is C11H23NO2S. The number of unbranched alkanes of at least 4 members (excludes halogenated alkanes) is 3. The third-order valence-electron chi connectivity index (χ3n) is 2.20. The van der Waals surface area contributed by atoms with Crippen molar-refractivity contribution in [3.63, 3.8) is 0 Å². The molecule has 0 saturated carbocycles. The molecule has 0 radical (unpaired) electrons. The molecule has 0 aliphatic carbocycles. The Balaban J connectivity index is 2.89. The zero-order valence-electron chi connectivity index (χ0n) is 9.63. The van der Waals surface area contributed by atoms with E-state index in [1.165, 1.54) is 31.4 Å². The Kier molecular flexibility index (Phi) is 11.7. The molecule has 4 heteroatoms. The van der Waals surface area contributed by atoms with E-state index in [1.54, 1.807) is 0 Å². The van der Waals surface area contributed by atoms with Gasteiger partial charge in [-0.05, 0) is 44.4 Å². The largest absolute Gasteiger partial charge is 0.481 e. The van der Waals surface area contributed by atoms with Gasteiger partial charge < -0.3 is 10.4 Å². The first-order chi connectivity index (χ1) is 7.27. The second kappa shape index (κ2) is 11.9. The second-order valence-corrected chi connectivity index (χ2v) is 4.64. The van der Waals surface area contributed by atoms with E-state index in [4.69, 9.17) is 5.11 Å². The van der Waals surface area contributed by atoms with Crippen molar-refractivity contribution < 1.29 is 9.90 Å². The summed E-state index contributed by atoms with van der Waals surface area (Å²) in [6, 6.07) is 0. The van der Waals surface area contributed by atoms with E-state index in [0.717, 1.165) is 19.5 Å². The normalized spacial score (nSPS) is 10.5. The molecule has 3 nitrogen and oxygen atoms in total. The molecule has 0 rings (SSSR count). The highest BCUT2D eigenvalue weighted by molar-refractivity contribution is 7.98. The molecule has 90 valence electrons. The number of hydrogen-bond acceptors (Lipinski definition) is 3. The third kappa shape index (κ3) is 13.8. The fraction of sp³-hybridized carbons (Fsp3) is 0.909. The minimum Gasteiger partial charge on any atom is -0.481 e. The van der Waals surface area contributed by atoms with Gasteiger partial charge in [-0.3, -0.25) is 4.79 Å². The topological polar surface area (TPSA) is 49.3 Å². The van der Waals surface area contributed by atoms with Crippen LogP contribution in [-0.4, -0.2) is 36.2 Å². The van der Waals surface area contributed by atoms with Gasteiger partial charge in [0.15, 0.2) is 0 Å². The van der Waals surface area contributed by atoms with Crippen molar-refractivity contribution >= 4 is 17.7 Å². The molecule has 0 aromatic carbocycles. The highest BCUT2D eigenvalue weighted by Crippen LogP contribution is 2.03. The molecule has 0 aliphatic heterocycles. The Labute approximate surface area is 97.0 Å². The summed E-state index contributed by atoms with van der Waals surface area (Å²) in [5.74, 6) is 0.570. The Morgan fingerprint density at radius 2 is 1.80 bits per heavy atom. The van der Waals surface area contributed by atoms with Crippen LogP contribution >= 0.6 is 11.8 Å². The zero-order valence-corrected chi connectivity index (χ0v) is 10.4. The summed E-state index contributed by atoms with van der Waals surface area (Å²) < 4.78 is 0. The minimum absolute atomic E-state index is 0.278. The highest BCUT2D eigenvalue weighted by atomic mass is 32.2. The van der Waals surface area contributed by atoms with Crippen molar-refractivity contribution in [2.24, 2.45) is 0 Å². The quantitative estimate of drug-likeness (QED) is 0.538. The lowest BCUT2D eigenvalue weighted by atomic mass is 10.2. The van der Waals surface area contributed by atoms with Gasteiger partial charge in [0.1, 0.15) is 0 Å². The summed E-state index contributed by atoms with van der Waals surface area (Å²) >= 11 is 1.91. The molecular weight excluding hydrogens is 210 g/mol. The van der Waals surface area contributed by atoms with Gasteiger partial charge in [0.2, 0.25) is 0 Å². The van der Waals surface area contributed by atoms with Gasteiger partial charge in [0.25, 0.3) is 0 Å². The van der Waals surface area contributed by atoms with E-state index in [0.29, 0.717) is 0 Å². The van der Waals surface area contributed by atoms with Crippen LogP contribution in [0.4, 0.5) is 0 Å². The molecule has 15 heavy (non-hydrogen) atoms. The van der Waals surface area contributed by atoms with E-state index in [-0.39, 0.29) is 6.42 Å². The predicted octanol–water partition coefficient (Wildman–Crippen LogP) is 2.36. The molecule has 0 heterocycles. The Morgan fingerprint density at radius 3 is 2.47 bits per heavy atom. The molecule has 0 atom stereocenters. The standard InChI is InChI=1S/C11H23NO2S/c1-15-10-5-3-2-4-8-12-9-6-7-11(13)14/h12H,2-10H2,1H3,(H,13,14). The maximum atomic E-state index is 10.2. The molecule has 2 N–H and O–H groups in total. The van der Waals surface area contributed by atoms with Crippen LogP contribution in [0.2, 0.25) is 0 Å². The fourth-order valence-corrected chi connectivity index (χ4v) is 1.83. The van der Waals surface area contributed by atoms with Gasteiger partial charge in [-0.25, -0.2) is 0 Å². The van der Waals surface area contributed by atoms with Gasteiger partial charge in [-0.15, -0.1) is 0 Å². The first-order valence-corrected chi connectivity index (χ1v) is 7.08. The molecule has 0 amide bonds. The third-order valence-corrected chi connectivity index (χ3v) is 2.89. The number of hydrogen-bond donors (Lipinski definition) is 2. The molecule has 0 unspecified atom stereocenters. The van der Waals surface area contributed by atoms with Crippen molar-refractivity contribution in [1.82, 2.24) is 5.32 Å². The molecule has 0 aromatic rings. The summed E-state index contributed by atoms with van der Waals surface area (Å²) in [7, 11) is 0. The van der Waals surface area contributed by atoms with Crippen molar-refractivity contribution in [3.8, 4) is 0 Å². The molecule has 0 aromatic heterocycles. The number of carboxylic acid groups (broad SMARTS) is 1. The van der Waals surface area contributed by atoms with Crippen molar-refractivity contribution in [3.05, 3.63) is 0 Å². The SMILES string of the molecule is CSCCCCCCNCCCC(=O)O. The second-order valence-electron chi connectivity index (χ2n) is 3.65. The van der Waals surface area contributed by atoms with Gasteiger partial charge >= 0.3 is 5.97 Å². The smallest absolute Gasteiger partial charge is 0.303 e. The predicted molar refractivity (Wildman–Crippen MR) is 66.6 cm³/mol. The lowest BCUT2D eigenvalue weighted by Gasteiger charge is -2.03. The van der Waals surface area contributed by atoms with E-state index in [9.17, 15) is 4.79 Å². The first-order valence-electron chi connectivity index (χ1n) is 5.69. The van der Waals surface area contributed by atoms with E-state index >= 15 is 0 Å². The number of aliphatic carboxylic acids is 1. The van der Waals surface area contributed by atoms with Crippen molar-refractivity contribution in [2.45, 2.75) is 38.5 Å². The summed E-state index contributed by atoms with van der Waals surface area (Å²) in [4.78, 5) is 10.2. The molecule has 0 spiro atoms. The van der Waals surface area contributed by atoms with Crippen LogP contribution in [-0.2, 0) is 4.79 Å². The van der Waals surface area contributed by atoms with Crippen LogP contribution in [0.5, 0.6) is 0 Å².